The monoisotopic (exact) mass is 310 g/mol. The molecule has 0 aliphatic heterocycles. The van der Waals surface area contributed by atoms with Crippen LogP contribution >= 0.6 is 34.2 Å². The Labute approximate surface area is 95.4 Å². The van der Waals surface area contributed by atoms with Crippen LogP contribution in [0.3, 0.4) is 0 Å². The number of benzene rings is 1. The molecule has 0 amide bonds. The van der Waals surface area contributed by atoms with E-state index in [9.17, 15) is 4.79 Å². The Bertz CT molecular complexity index is 284. The number of esters is 1. The minimum atomic E-state index is -0.199. The lowest BCUT2D eigenvalue weighted by atomic mass is 10.2. The average Bonchev–Trinajstić information content (AvgIpc) is 2.16. The van der Waals surface area contributed by atoms with E-state index < -0.39 is 0 Å². The van der Waals surface area contributed by atoms with Crippen LogP contribution in [-0.4, -0.2) is 10.4 Å². The quantitative estimate of drug-likeness (QED) is 0.487. The highest BCUT2D eigenvalue weighted by Gasteiger charge is 1.99. The second-order valence-corrected chi connectivity index (χ2v) is 3.62. The number of carbonyl (C=O) groups excluding carboxylic acids is 1. The summed E-state index contributed by atoms with van der Waals surface area (Å²) in [5.74, 6) is -0.199. The molecule has 1 aromatic carbocycles. The Morgan fingerprint density at radius 1 is 1.38 bits per heavy atom. The van der Waals surface area contributed by atoms with Crippen LogP contribution in [0.5, 0.6) is 0 Å². The number of hydrogen-bond acceptors (Lipinski definition) is 2. The van der Waals surface area contributed by atoms with Gasteiger partial charge in [0, 0.05) is 5.02 Å². The van der Waals surface area contributed by atoms with Crippen molar-refractivity contribution in [1.29, 1.82) is 0 Å². The van der Waals surface area contributed by atoms with Crippen molar-refractivity contribution in [2.75, 3.05) is 4.43 Å². The van der Waals surface area contributed by atoms with Gasteiger partial charge in [-0.25, -0.2) is 0 Å². The average molecular weight is 311 g/mol. The van der Waals surface area contributed by atoms with Gasteiger partial charge in [-0.15, -0.1) is 0 Å². The van der Waals surface area contributed by atoms with Crippen molar-refractivity contribution >= 4 is 40.2 Å². The minimum Gasteiger partial charge on any atom is -0.460 e. The standard InChI is InChI=1S/C9H8ClIO2/c10-8-3-1-7(2-4-8)6-13-9(12)5-11/h1-4H,5-6H2. The van der Waals surface area contributed by atoms with E-state index >= 15 is 0 Å². The third-order valence-corrected chi connectivity index (χ3v) is 2.30. The fraction of sp³-hybridized carbons (Fsp3) is 0.222. The Balaban J connectivity index is 2.46. The lowest BCUT2D eigenvalue weighted by Gasteiger charge is -2.02. The van der Waals surface area contributed by atoms with Gasteiger partial charge in [-0.3, -0.25) is 4.79 Å². The molecule has 2 nitrogen and oxygen atoms in total. The van der Waals surface area contributed by atoms with E-state index in [-0.39, 0.29) is 5.97 Å². The van der Waals surface area contributed by atoms with E-state index in [4.69, 9.17) is 16.3 Å². The van der Waals surface area contributed by atoms with Crippen molar-refractivity contribution in [2.24, 2.45) is 0 Å². The number of halogens is 2. The van der Waals surface area contributed by atoms with Gasteiger partial charge in [0.2, 0.25) is 0 Å². The zero-order chi connectivity index (χ0) is 9.68. The second-order valence-electron chi connectivity index (χ2n) is 2.42. The number of rotatable bonds is 3. The van der Waals surface area contributed by atoms with Gasteiger partial charge in [0.25, 0.3) is 0 Å². The molecule has 0 saturated carbocycles. The summed E-state index contributed by atoms with van der Waals surface area (Å²) >= 11 is 7.66. The van der Waals surface area contributed by atoms with E-state index in [1.807, 2.05) is 34.7 Å². The van der Waals surface area contributed by atoms with Crippen LogP contribution in [0.15, 0.2) is 24.3 Å². The molecule has 1 rings (SSSR count). The molecule has 0 fully saturated rings. The summed E-state index contributed by atoms with van der Waals surface area (Å²) in [7, 11) is 0. The van der Waals surface area contributed by atoms with E-state index in [0.717, 1.165) is 5.56 Å². The molecule has 0 saturated heterocycles. The molecule has 0 spiro atoms. The summed E-state index contributed by atoms with van der Waals surface area (Å²) in [6.07, 6.45) is 0. The van der Waals surface area contributed by atoms with Gasteiger partial charge >= 0.3 is 5.97 Å². The van der Waals surface area contributed by atoms with Crippen LogP contribution in [0.1, 0.15) is 5.56 Å². The first-order valence-corrected chi connectivity index (χ1v) is 5.59. The molecule has 0 N–H and O–H groups in total. The van der Waals surface area contributed by atoms with Crippen molar-refractivity contribution in [3.63, 3.8) is 0 Å². The molecular formula is C9H8ClIO2. The van der Waals surface area contributed by atoms with Crippen LogP contribution in [0, 0.1) is 0 Å². The summed E-state index contributed by atoms with van der Waals surface area (Å²) in [5, 5.41) is 0.684. The minimum absolute atomic E-state index is 0.199. The molecule has 0 unspecified atom stereocenters. The topological polar surface area (TPSA) is 26.3 Å². The van der Waals surface area contributed by atoms with E-state index in [1.54, 1.807) is 12.1 Å². The second kappa shape index (κ2) is 5.44. The number of ether oxygens (including phenoxy) is 1. The Morgan fingerprint density at radius 2 is 2.00 bits per heavy atom. The molecule has 0 aliphatic carbocycles. The van der Waals surface area contributed by atoms with Crippen molar-refractivity contribution in [3.05, 3.63) is 34.9 Å². The molecule has 70 valence electrons. The third-order valence-electron chi connectivity index (χ3n) is 1.42. The molecular weight excluding hydrogens is 302 g/mol. The predicted octanol–water partition coefficient (Wildman–Crippen LogP) is 2.82. The maximum Gasteiger partial charge on any atom is 0.316 e. The van der Waals surface area contributed by atoms with Crippen LogP contribution in [0.4, 0.5) is 0 Å². The Hall–Kier alpha value is -0.290. The lowest BCUT2D eigenvalue weighted by Crippen LogP contribution is -2.04. The molecule has 0 aromatic heterocycles. The van der Waals surface area contributed by atoms with Crippen molar-refractivity contribution < 1.29 is 9.53 Å². The summed E-state index contributed by atoms with van der Waals surface area (Å²) in [5.41, 5.74) is 0.947. The first-order valence-electron chi connectivity index (χ1n) is 3.68. The van der Waals surface area contributed by atoms with Gasteiger partial charge < -0.3 is 4.74 Å². The molecule has 0 aliphatic rings. The summed E-state index contributed by atoms with van der Waals surface area (Å²) < 4.78 is 5.31. The number of hydrogen-bond donors (Lipinski definition) is 0. The van der Waals surface area contributed by atoms with Gasteiger partial charge in [0.05, 0.1) is 4.43 Å². The van der Waals surface area contributed by atoms with Crippen LogP contribution in [0.2, 0.25) is 5.02 Å². The van der Waals surface area contributed by atoms with Crippen molar-refractivity contribution in [2.45, 2.75) is 6.61 Å². The highest BCUT2D eigenvalue weighted by atomic mass is 127. The van der Waals surface area contributed by atoms with Gasteiger partial charge in [0.1, 0.15) is 6.61 Å². The van der Waals surface area contributed by atoms with Gasteiger partial charge in [0.15, 0.2) is 0 Å². The summed E-state index contributed by atoms with van der Waals surface area (Å²) in [4.78, 5) is 10.8. The van der Waals surface area contributed by atoms with Crippen LogP contribution in [0.25, 0.3) is 0 Å². The zero-order valence-electron chi connectivity index (χ0n) is 6.80. The normalized spacial score (nSPS) is 9.69. The van der Waals surface area contributed by atoms with Gasteiger partial charge in [-0.1, -0.05) is 46.3 Å². The zero-order valence-corrected chi connectivity index (χ0v) is 9.71. The highest BCUT2D eigenvalue weighted by Crippen LogP contribution is 2.10. The molecule has 13 heavy (non-hydrogen) atoms. The number of carbonyl (C=O) groups is 1. The molecule has 0 bridgehead atoms. The summed E-state index contributed by atoms with van der Waals surface area (Å²) in [6.45, 7) is 0.318. The Kier molecular flexibility index (Phi) is 4.52. The molecule has 0 radical (unpaired) electrons. The van der Waals surface area contributed by atoms with E-state index in [0.29, 0.717) is 16.1 Å². The summed E-state index contributed by atoms with van der Waals surface area (Å²) in [6, 6.07) is 7.22. The molecule has 0 atom stereocenters. The van der Waals surface area contributed by atoms with Crippen molar-refractivity contribution in [1.82, 2.24) is 0 Å². The van der Waals surface area contributed by atoms with Gasteiger partial charge in [-0.05, 0) is 17.7 Å². The number of alkyl halides is 1. The molecule has 4 heteroatoms. The van der Waals surface area contributed by atoms with E-state index in [2.05, 4.69) is 0 Å². The fourth-order valence-electron chi connectivity index (χ4n) is 0.783. The predicted molar refractivity (Wildman–Crippen MR) is 60.1 cm³/mol. The fourth-order valence-corrected chi connectivity index (χ4v) is 1.13. The van der Waals surface area contributed by atoms with Crippen molar-refractivity contribution in [3.8, 4) is 0 Å². The first-order chi connectivity index (χ1) is 6.22. The largest absolute Gasteiger partial charge is 0.460 e. The molecule has 0 heterocycles. The lowest BCUT2D eigenvalue weighted by molar-refractivity contribution is -0.141. The smallest absolute Gasteiger partial charge is 0.316 e. The third kappa shape index (κ3) is 3.95. The maximum atomic E-state index is 10.8. The highest BCUT2D eigenvalue weighted by molar-refractivity contribution is 14.1. The van der Waals surface area contributed by atoms with Crippen LogP contribution in [-0.2, 0) is 16.1 Å². The van der Waals surface area contributed by atoms with E-state index in [1.165, 1.54) is 0 Å². The molecule has 1 aromatic rings. The SMILES string of the molecule is O=C(CI)OCc1ccc(Cl)cc1. The van der Waals surface area contributed by atoms with Crippen LogP contribution < -0.4 is 0 Å². The van der Waals surface area contributed by atoms with Gasteiger partial charge in [-0.2, -0.15) is 0 Å². The Morgan fingerprint density at radius 3 is 2.54 bits per heavy atom. The first kappa shape index (κ1) is 10.8. The maximum absolute atomic E-state index is 10.8.